The highest BCUT2D eigenvalue weighted by atomic mass is 16.5. The zero-order valence-electron chi connectivity index (χ0n) is 13.0. The summed E-state index contributed by atoms with van der Waals surface area (Å²) in [5, 5.41) is 2.63. The summed E-state index contributed by atoms with van der Waals surface area (Å²) in [6, 6.07) is 8.64. The number of rotatable bonds is 5. The Bertz CT molecular complexity index is 466. The second-order valence-corrected chi connectivity index (χ2v) is 7.16. The minimum Gasteiger partial charge on any atom is -0.494 e. The molecule has 4 bridgehead atoms. The molecule has 4 heterocycles. The fourth-order valence-electron chi connectivity index (χ4n) is 4.74. The lowest BCUT2D eigenvalue weighted by molar-refractivity contribution is -1.31. The fourth-order valence-corrected chi connectivity index (χ4v) is 4.74. The van der Waals surface area contributed by atoms with Crippen molar-refractivity contribution in [2.75, 3.05) is 46.2 Å². The van der Waals surface area contributed by atoms with Crippen LogP contribution in [0.15, 0.2) is 24.3 Å². The SMILES string of the molecule is CCOc1ccc(C[NH2+]C23C[NH+]4C[NH+](C[NH+](C4)C2)C3)cc1. The lowest BCUT2D eigenvalue weighted by Gasteiger charge is -2.50. The van der Waals surface area contributed by atoms with Crippen LogP contribution in [0.4, 0.5) is 0 Å². The monoisotopic (exact) mass is 292 g/mol. The summed E-state index contributed by atoms with van der Waals surface area (Å²) >= 11 is 0. The van der Waals surface area contributed by atoms with Gasteiger partial charge in [-0.05, 0) is 31.2 Å². The Morgan fingerprint density at radius 2 is 1.57 bits per heavy atom. The predicted octanol–water partition coefficient (Wildman–Crippen LogP) is -4.54. The van der Waals surface area contributed by atoms with Crippen LogP contribution >= 0.6 is 0 Å². The highest BCUT2D eigenvalue weighted by Gasteiger charge is 2.60. The van der Waals surface area contributed by atoms with Gasteiger partial charge in [-0.15, -0.1) is 0 Å². The van der Waals surface area contributed by atoms with E-state index in [2.05, 4.69) is 29.6 Å². The first kappa shape index (κ1) is 13.5. The summed E-state index contributed by atoms with van der Waals surface area (Å²) in [7, 11) is 0. The molecule has 4 fully saturated rings. The maximum Gasteiger partial charge on any atom is 0.244 e. The van der Waals surface area contributed by atoms with Gasteiger partial charge in [0, 0.05) is 5.56 Å². The van der Waals surface area contributed by atoms with Crippen LogP contribution < -0.4 is 24.8 Å². The van der Waals surface area contributed by atoms with Crippen LogP contribution in [0.2, 0.25) is 0 Å². The smallest absolute Gasteiger partial charge is 0.244 e. The van der Waals surface area contributed by atoms with Gasteiger partial charge in [0.15, 0.2) is 19.6 Å². The second kappa shape index (κ2) is 5.25. The maximum absolute atomic E-state index is 5.52. The Kier molecular flexibility index (Phi) is 3.38. The van der Waals surface area contributed by atoms with Crippen molar-refractivity contribution in [1.82, 2.24) is 0 Å². The van der Waals surface area contributed by atoms with E-state index in [9.17, 15) is 0 Å². The van der Waals surface area contributed by atoms with Crippen LogP contribution in [0.3, 0.4) is 0 Å². The quantitative estimate of drug-likeness (QED) is 0.434. The molecule has 0 aliphatic carbocycles. The standard InChI is InChI=1S/C16H24N4O/c1-2-21-15-5-3-14(4-6-15)7-17-16-8-18-11-19(9-16)13-20(10-16)12-18/h3-6,17H,2,7-13H2,1H3/p+4. The van der Waals surface area contributed by atoms with Crippen molar-refractivity contribution in [2.45, 2.75) is 19.0 Å². The summed E-state index contributed by atoms with van der Waals surface area (Å²) in [5.74, 6) is 0.984. The first-order valence-electron chi connectivity index (χ1n) is 8.31. The van der Waals surface area contributed by atoms with Crippen molar-refractivity contribution in [3.8, 4) is 5.75 Å². The molecule has 5 heteroatoms. The van der Waals surface area contributed by atoms with Gasteiger partial charge in [0.25, 0.3) is 0 Å². The molecule has 0 atom stereocenters. The molecule has 21 heavy (non-hydrogen) atoms. The number of nitrogens with one attached hydrogen (secondary N) is 3. The van der Waals surface area contributed by atoms with Crippen LogP contribution in [0.5, 0.6) is 5.75 Å². The maximum atomic E-state index is 5.52. The van der Waals surface area contributed by atoms with Crippen molar-refractivity contribution in [3.05, 3.63) is 29.8 Å². The van der Waals surface area contributed by atoms with Gasteiger partial charge < -0.3 is 10.1 Å². The lowest BCUT2D eigenvalue weighted by Crippen LogP contribution is -3.58. The Morgan fingerprint density at radius 1 is 1.00 bits per heavy atom. The minimum atomic E-state index is 0.480. The molecule has 4 aliphatic rings. The predicted molar refractivity (Wildman–Crippen MR) is 78.1 cm³/mol. The Morgan fingerprint density at radius 3 is 2.10 bits per heavy atom. The van der Waals surface area contributed by atoms with E-state index in [0.717, 1.165) is 18.9 Å². The molecule has 4 saturated heterocycles. The summed E-state index contributed by atoms with van der Waals surface area (Å²) in [5.41, 5.74) is 1.89. The molecule has 1 aromatic rings. The Hall–Kier alpha value is -1.14. The summed E-state index contributed by atoms with van der Waals surface area (Å²) in [6.45, 7) is 12.0. The van der Waals surface area contributed by atoms with E-state index in [1.165, 1.54) is 45.2 Å². The molecule has 1 aromatic carbocycles. The normalized spacial score (nSPS) is 36.9. The molecule has 5 rings (SSSR count). The third-order valence-electron chi connectivity index (χ3n) is 5.31. The minimum absolute atomic E-state index is 0.480. The number of hydrogen-bond donors (Lipinski definition) is 4. The molecule has 4 aliphatic heterocycles. The summed E-state index contributed by atoms with van der Waals surface area (Å²) in [4.78, 5) is 5.44. The molecule has 0 radical (unpaired) electrons. The molecule has 114 valence electrons. The van der Waals surface area contributed by atoms with E-state index in [1.54, 1.807) is 0 Å². The highest BCUT2D eigenvalue weighted by molar-refractivity contribution is 5.26. The molecule has 0 aromatic heterocycles. The summed E-state index contributed by atoms with van der Waals surface area (Å²) in [6.07, 6.45) is 0. The average molecular weight is 292 g/mol. The van der Waals surface area contributed by atoms with Crippen molar-refractivity contribution in [1.29, 1.82) is 0 Å². The van der Waals surface area contributed by atoms with Gasteiger partial charge in [-0.25, -0.2) is 14.7 Å². The van der Waals surface area contributed by atoms with Gasteiger partial charge in [-0.2, -0.15) is 0 Å². The Balaban J connectivity index is 1.40. The zero-order valence-corrected chi connectivity index (χ0v) is 13.0. The topological polar surface area (TPSA) is 39.2 Å². The van der Waals surface area contributed by atoms with Gasteiger partial charge in [0.05, 0.1) is 6.61 Å². The van der Waals surface area contributed by atoms with E-state index >= 15 is 0 Å². The molecule has 0 spiro atoms. The number of benzene rings is 1. The average Bonchev–Trinajstić information content (AvgIpc) is 2.46. The van der Waals surface area contributed by atoms with Gasteiger partial charge in [0.2, 0.25) is 25.5 Å². The van der Waals surface area contributed by atoms with Crippen LogP contribution in [0.1, 0.15) is 12.5 Å². The largest absolute Gasteiger partial charge is 0.494 e. The van der Waals surface area contributed by atoms with Crippen LogP contribution in [0, 0.1) is 0 Å². The Labute approximate surface area is 126 Å². The van der Waals surface area contributed by atoms with Crippen molar-refractivity contribution >= 4 is 0 Å². The van der Waals surface area contributed by atoms with E-state index < -0.39 is 0 Å². The van der Waals surface area contributed by atoms with Crippen LogP contribution in [0.25, 0.3) is 0 Å². The highest BCUT2D eigenvalue weighted by Crippen LogP contribution is 2.11. The van der Waals surface area contributed by atoms with Gasteiger partial charge in [-0.1, -0.05) is 0 Å². The number of nitrogens with two attached hydrogens (primary N) is 1. The number of hydrogen-bond acceptors (Lipinski definition) is 1. The molecule has 0 unspecified atom stereocenters. The van der Waals surface area contributed by atoms with Gasteiger partial charge in [-0.3, -0.25) is 0 Å². The van der Waals surface area contributed by atoms with Gasteiger partial charge in [0.1, 0.15) is 12.3 Å². The fraction of sp³-hybridized carbons (Fsp3) is 0.625. The van der Waals surface area contributed by atoms with E-state index in [1.807, 2.05) is 21.6 Å². The van der Waals surface area contributed by atoms with Crippen LogP contribution in [-0.2, 0) is 6.54 Å². The van der Waals surface area contributed by atoms with E-state index in [0.29, 0.717) is 5.54 Å². The molecule has 0 saturated carbocycles. The molecule has 5 nitrogen and oxygen atoms in total. The third-order valence-corrected chi connectivity index (χ3v) is 5.31. The van der Waals surface area contributed by atoms with E-state index in [4.69, 9.17) is 4.74 Å². The zero-order chi connectivity index (χ0) is 14.3. The van der Waals surface area contributed by atoms with Crippen molar-refractivity contribution in [3.63, 3.8) is 0 Å². The number of quaternary nitrogens is 4. The second-order valence-electron chi connectivity index (χ2n) is 7.16. The first-order valence-corrected chi connectivity index (χ1v) is 8.31. The summed E-state index contributed by atoms with van der Waals surface area (Å²) < 4.78 is 5.52. The van der Waals surface area contributed by atoms with E-state index in [-0.39, 0.29) is 0 Å². The lowest BCUT2D eigenvalue weighted by atomic mass is 9.90. The molecular formula is C16H28N4O+4. The molecular weight excluding hydrogens is 264 g/mol. The molecule has 5 N–H and O–H groups in total. The van der Waals surface area contributed by atoms with Crippen LogP contribution in [-0.4, -0.2) is 51.8 Å². The third kappa shape index (κ3) is 2.66. The van der Waals surface area contributed by atoms with Gasteiger partial charge >= 0.3 is 0 Å². The van der Waals surface area contributed by atoms with Crippen molar-refractivity contribution in [2.24, 2.45) is 0 Å². The van der Waals surface area contributed by atoms with Crippen molar-refractivity contribution < 1.29 is 24.8 Å². The molecule has 0 amide bonds. The first-order chi connectivity index (χ1) is 10.2. The number of ether oxygens (including phenoxy) is 1.